The van der Waals surface area contributed by atoms with Crippen molar-refractivity contribution in [1.29, 1.82) is 0 Å². The zero-order valence-corrected chi connectivity index (χ0v) is 15.9. The molecule has 6 heteroatoms. The number of carbonyl (C=O) groups is 2. The van der Waals surface area contributed by atoms with E-state index in [-0.39, 0.29) is 5.91 Å². The summed E-state index contributed by atoms with van der Waals surface area (Å²) in [5.74, 6) is 0.165. The molecule has 0 aliphatic carbocycles. The van der Waals surface area contributed by atoms with Crippen molar-refractivity contribution in [3.63, 3.8) is 0 Å². The number of anilines is 1. The minimum atomic E-state index is -0.442. The van der Waals surface area contributed by atoms with E-state index in [2.05, 4.69) is 10.1 Å². The third-order valence-electron chi connectivity index (χ3n) is 3.79. The maximum Gasteiger partial charge on any atom is 0.337 e. The molecule has 0 heterocycles. The predicted octanol–water partition coefficient (Wildman–Crippen LogP) is 4.54. The third-order valence-corrected chi connectivity index (χ3v) is 4.39. The zero-order valence-electron chi connectivity index (χ0n) is 15.1. The molecule has 0 aliphatic heterocycles. The van der Waals surface area contributed by atoms with Gasteiger partial charge in [-0.2, -0.15) is 0 Å². The number of rotatable bonds is 7. The Morgan fingerprint density at radius 1 is 1.12 bits per heavy atom. The van der Waals surface area contributed by atoms with Gasteiger partial charge in [0.2, 0.25) is 5.91 Å². The highest BCUT2D eigenvalue weighted by atomic mass is 35.5. The second-order valence-corrected chi connectivity index (χ2v) is 6.32. The summed E-state index contributed by atoms with van der Waals surface area (Å²) >= 11 is 6.13. The highest BCUT2D eigenvalue weighted by Crippen LogP contribution is 2.26. The SMILES string of the molecule is COC(=O)c1cccc(NC(=O)CCCOc2cc(C)c(Cl)c(C)c2)c1. The number of ether oxygens (including phenoxy) is 2. The van der Waals surface area contributed by atoms with Crippen LogP contribution in [0.15, 0.2) is 36.4 Å². The fourth-order valence-corrected chi connectivity index (χ4v) is 2.59. The van der Waals surface area contributed by atoms with Crippen molar-refractivity contribution in [2.45, 2.75) is 26.7 Å². The standard InChI is InChI=1S/C20H22ClNO4/c1-13-10-17(11-14(2)19(13)21)26-9-5-8-18(23)22-16-7-4-6-15(12-16)20(24)25-3/h4,6-7,10-12H,5,8-9H2,1-3H3,(H,22,23). The molecule has 1 N–H and O–H groups in total. The Balaban J connectivity index is 1.80. The van der Waals surface area contributed by atoms with E-state index in [9.17, 15) is 9.59 Å². The van der Waals surface area contributed by atoms with Gasteiger partial charge in [-0.1, -0.05) is 17.7 Å². The van der Waals surface area contributed by atoms with Crippen LogP contribution >= 0.6 is 11.6 Å². The average molecular weight is 376 g/mol. The summed E-state index contributed by atoms with van der Waals surface area (Å²) in [4.78, 5) is 23.5. The van der Waals surface area contributed by atoms with Crippen molar-refractivity contribution >= 4 is 29.2 Å². The molecule has 0 unspecified atom stereocenters. The van der Waals surface area contributed by atoms with Gasteiger partial charge in [0.15, 0.2) is 0 Å². The molecule has 2 rings (SSSR count). The quantitative estimate of drug-likeness (QED) is 0.570. The van der Waals surface area contributed by atoms with Crippen LogP contribution in [0.3, 0.4) is 0 Å². The molecule has 138 valence electrons. The first-order valence-electron chi connectivity index (χ1n) is 8.28. The Morgan fingerprint density at radius 2 is 1.81 bits per heavy atom. The smallest absolute Gasteiger partial charge is 0.337 e. The van der Waals surface area contributed by atoms with Gasteiger partial charge in [0, 0.05) is 17.1 Å². The molecule has 0 spiro atoms. The molecule has 26 heavy (non-hydrogen) atoms. The van der Waals surface area contributed by atoms with Crippen molar-refractivity contribution in [3.8, 4) is 5.75 Å². The van der Waals surface area contributed by atoms with Gasteiger partial charge in [-0.25, -0.2) is 4.79 Å². The highest BCUT2D eigenvalue weighted by Gasteiger charge is 2.08. The van der Waals surface area contributed by atoms with Crippen LogP contribution in [0.1, 0.15) is 34.3 Å². The molecule has 0 radical (unpaired) electrons. The van der Waals surface area contributed by atoms with Crippen molar-refractivity contribution in [3.05, 3.63) is 58.1 Å². The topological polar surface area (TPSA) is 64.6 Å². The van der Waals surface area contributed by atoms with E-state index in [1.54, 1.807) is 24.3 Å². The number of methoxy groups -OCH3 is 1. The normalized spacial score (nSPS) is 10.3. The molecule has 0 bridgehead atoms. The Labute approximate surface area is 158 Å². The number of halogens is 1. The molecule has 0 fully saturated rings. The second kappa shape index (κ2) is 9.25. The number of amides is 1. The van der Waals surface area contributed by atoms with Gasteiger partial charge in [0.1, 0.15) is 5.75 Å². The van der Waals surface area contributed by atoms with Gasteiger partial charge in [-0.05, 0) is 61.7 Å². The largest absolute Gasteiger partial charge is 0.494 e. The predicted molar refractivity (Wildman–Crippen MR) is 102 cm³/mol. The summed E-state index contributed by atoms with van der Waals surface area (Å²) < 4.78 is 10.4. The maximum atomic E-state index is 12.0. The molecular weight excluding hydrogens is 354 g/mol. The van der Waals surface area contributed by atoms with Gasteiger partial charge in [0.05, 0.1) is 19.3 Å². The molecule has 5 nitrogen and oxygen atoms in total. The molecule has 0 aliphatic rings. The van der Waals surface area contributed by atoms with Gasteiger partial charge >= 0.3 is 5.97 Å². The van der Waals surface area contributed by atoms with Crippen LogP contribution in [0.25, 0.3) is 0 Å². The van der Waals surface area contributed by atoms with Crippen LogP contribution < -0.4 is 10.1 Å². The van der Waals surface area contributed by atoms with E-state index in [1.165, 1.54) is 7.11 Å². The molecule has 0 saturated carbocycles. The number of hydrogen-bond donors (Lipinski definition) is 1. The highest BCUT2D eigenvalue weighted by molar-refractivity contribution is 6.32. The molecule has 2 aromatic carbocycles. The summed E-state index contributed by atoms with van der Waals surface area (Å²) in [6.07, 6.45) is 0.886. The van der Waals surface area contributed by atoms with E-state index >= 15 is 0 Å². The number of aryl methyl sites for hydroxylation is 2. The van der Waals surface area contributed by atoms with Crippen LogP contribution in [0, 0.1) is 13.8 Å². The number of nitrogens with one attached hydrogen (secondary N) is 1. The fraction of sp³-hybridized carbons (Fsp3) is 0.300. The number of esters is 1. The lowest BCUT2D eigenvalue weighted by atomic mass is 10.1. The van der Waals surface area contributed by atoms with E-state index in [1.807, 2.05) is 26.0 Å². The van der Waals surface area contributed by atoms with Crippen LogP contribution in [0.5, 0.6) is 5.75 Å². The van der Waals surface area contributed by atoms with E-state index in [0.717, 1.165) is 21.9 Å². The molecule has 0 atom stereocenters. The minimum Gasteiger partial charge on any atom is -0.494 e. The van der Waals surface area contributed by atoms with Crippen LogP contribution in [-0.2, 0) is 9.53 Å². The van der Waals surface area contributed by atoms with Gasteiger partial charge in [-0.15, -0.1) is 0 Å². The number of hydrogen-bond acceptors (Lipinski definition) is 4. The Kier molecular flexibility index (Phi) is 7.04. The zero-order chi connectivity index (χ0) is 19.1. The summed E-state index contributed by atoms with van der Waals surface area (Å²) in [6, 6.07) is 10.4. The Bertz CT molecular complexity index is 781. The monoisotopic (exact) mass is 375 g/mol. The van der Waals surface area contributed by atoms with Crippen molar-refractivity contribution in [2.75, 3.05) is 19.0 Å². The summed E-state index contributed by atoms with van der Waals surface area (Å²) in [5, 5.41) is 3.51. The summed E-state index contributed by atoms with van der Waals surface area (Å²) in [7, 11) is 1.32. The van der Waals surface area contributed by atoms with Crippen LogP contribution in [-0.4, -0.2) is 25.6 Å². The molecule has 0 aromatic heterocycles. The van der Waals surface area contributed by atoms with E-state index in [4.69, 9.17) is 16.3 Å². The number of carbonyl (C=O) groups excluding carboxylic acids is 2. The first-order chi connectivity index (χ1) is 12.4. The fourth-order valence-electron chi connectivity index (χ4n) is 2.48. The third kappa shape index (κ3) is 5.49. The lowest BCUT2D eigenvalue weighted by molar-refractivity contribution is -0.116. The molecule has 2 aromatic rings. The lowest BCUT2D eigenvalue weighted by Crippen LogP contribution is -2.13. The second-order valence-electron chi connectivity index (χ2n) is 5.94. The van der Waals surface area contributed by atoms with Crippen molar-refractivity contribution in [1.82, 2.24) is 0 Å². The number of benzene rings is 2. The summed E-state index contributed by atoms with van der Waals surface area (Å²) in [5.41, 5.74) is 2.87. The Hall–Kier alpha value is -2.53. The minimum absolute atomic E-state index is 0.140. The van der Waals surface area contributed by atoms with Gasteiger partial charge in [0.25, 0.3) is 0 Å². The van der Waals surface area contributed by atoms with Crippen LogP contribution in [0.4, 0.5) is 5.69 Å². The van der Waals surface area contributed by atoms with E-state index in [0.29, 0.717) is 30.7 Å². The average Bonchev–Trinajstić information content (AvgIpc) is 2.62. The summed E-state index contributed by atoms with van der Waals surface area (Å²) in [6.45, 7) is 4.28. The van der Waals surface area contributed by atoms with Crippen LogP contribution in [0.2, 0.25) is 5.02 Å². The molecular formula is C20H22ClNO4. The van der Waals surface area contributed by atoms with Gasteiger partial charge in [-0.3, -0.25) is 4.79 Å². The van der Waals surface area contributed by atoms with Crippen molar-refractivity contribution < 1.29 is 19.1 Å². The maximum absolute atomic E-state index is 12.0. The Morgan fingerprint density at radius 3 is 2.46 bits per heavy atom. The molecule has 0 saturated heterocycles. The first kappa shape index (κ1) is 19.8. The first-order valence-corrected chi connectivity index (χ1v) is 8.66. The lowest BCUT2D eigenvalue weighted by Gasteiger charge is -2.10. The molecule has 1 amide bonds. The van der Waals surface area contributed by atoms with Crippen molar-refractivity contribution in [2.24, 2.45) is 0 Å². The van der Waals surface area contributed by atoms with Gasteiger partial charge < -0.3 is 14.8 Å². The van der Waals surface area contributed by atoms with E-state index < -0.39 is 5.97 Å².